The van der Waals surface area contributed by atoms with Gasteiger partial charge in [0.25, 0.3) is 0 Å². The Morgan fingerprint density at radius 2 is 1.69 bits per heavy atom. The van der Waals surface area contributed by atoms with E-state index in [1.807, 2.05) is 0 Å². The van der Waals surface area contributed by atoms with Crippen LogP contribution in [0.1, 0.15) is 51.4 Å². The molecule has 2 unspecified atom stereocenters. The summed E-state index contributed by atoms with van der Waals surface area (Å²) in [5, 5.41) is 0. The Balaban J connectivity index is 1.29. The molecule has 10 heteroatoms. The van der Waals surface area contributed by atoms with E-state index in [1.165, 1.54) is 4.31 Å². The quantitative estimate of drug-likeness (QED) is 0.580. The number of rotatable bonds is 6. The number of halogens is 2. The van der Waals surface area contributed by atoms with Crippen LogP contribution in [0.4, 0.5) is 13.6 Å². The van der Waals surface area contributed by atoms with Gasteiger partial charge in [0.15, 0.2) is 0 Å². The third-order valence-corrected chi connectivity index (χ3v) is 10.4. The largest absolute Gasteiger partial charge is 0.441 e. The van der Waals surface area contributed by atoms with Crippen LogP contribution in [-0.4, -0.2) is 67.7 Å². The maximum atomic E-state index is 14.0. The smallest absolute Gasteiger partial charge is 0.410 e. The highest BCUT2D eigenvalue weighted by molar-refractivity contribution is 7.89. The van der Waals surface area contributed by atoms with Crippen LogP contribution in [0, 0.1) is 29.4 Å². The Hall–Kier alpha value is -1.78. The number of fused-ring (bicyclic) bond motifs is 2. The minimum absolute atomic E-state index is 0.0801. The zero-order valence-electron chi connectivity index (χ0n) is 19.7. The van der Waals surface area contributed by atoms with Gasteiger partial charge in [0.2, 0.25) is 10.0 Å². The summed E-state index contributed by atoms with van der Waals surface area (Å²) in [6.07, 6.45) is 6.78. The van der Waals surface area contributed by atoms with Crippen molar-refractivity contribution < 1.29 is 31.5 Å². The predicted octanol–water partition coefficient (Wildman–Crippen LogP) is 3.92. The molecule has 3 aliphatic carbocycles. The second-order valence-corrected chi connectivity index (χ2v) is 13.1. The molecule has 1 amide bonds. The fourth-order valence-corrected chi connectivity index (χ4v) is 8.29. The van der Waals surface area contributed by atoms with E-state index in [-0.39, 0.29) is 13.2 Å². The van der Waals surface area contributed by atoms with Crippen molar-refractivity contribution in [2.45, 2.75) is 73.9 Å². The lowest BCUT2D eigenvalue weighted by molar-refractivity contribution is -0.0749. The highest BCUT2D eigenvalue weighted by atomic mass is 32.2. The van der Waals surface area contributed by atoms with Crippen LogP contribution >= 0.6 is 0 Å². The first-order valence-corrected chi connectivity index (χ1v) is 14.2. The second-order valence-electron chi connectivity index (χ2n) is 11.2. The Bertz CT molecular complexity index is 1070. The topological polar surface area (TPSA) is 76.1 Å². The van der Waals surface area contributed by atoms with Gasteiger partial charge in [-0.25, -0.2) is 22.0 Å². The lowest BCUT2D eigenvalue weighted by atomic mass is 9.99. The van der Waals surface area contributed by atoms with E-state index in [0.717, 1.165) is 44.2 Å². The first-order valence-electron chi connectivity index (χ1n) is 12.8. The van der Waals surface area contributed by atoms with Crippen LogP contribution in [0.3, 0.4) is 0 Å². The first-order chi connectivity index (χ1) is 16.7. The summed E-state index contributed by atoms with van der Waals surface area (Å²) in [5.41, 5.74) is -0.977. The number of benzene rings is 1. The van der Waals surface area contributed by atoms with Gasteiger partial charge in [-0.3, -0.25) is 0 Å². The van der Waals surface area contributed by atoms with Crippen molar-refractivity contribution in [3.05, 3.63) is 29.8 Å². The zero-order chi connectivity index (χ0) is 24.4. The van der Waals surface area contributed by atoms with Crippen molar-refractivity contribution >= 4 is 16.1 Å². The van der Waals surface area contributed by atoms with E-state index < -0.39 is 50.3 Å². The number of sulfonamides is 1. The van der Waals surface area contributed by atoms with E-state index in [2.05, 4.69) is 0 Å². The van der Waals surface area contributed by atoms with E-state index in [1.54, 1.807) is 4.90 Å². The summed E-state index contributed by atoms with van der Waals surface area (Å²) in [4.78, 5) is 14.6. The molecular weight excluding hydrogens is 478 g/mol. The van der Waals surface area contributed by atoms with Crippen LogP contribution in [0.25, 0.3) is 0 Å². The normalized spacial score (nSPS) is 32.5. The maximum Gasteiger partial charge on any atom is 0.410 e. The highest BCUT2D eigenvalue weighted by Gasteiger charge is 2.61. The summed E-state index contributed by atoms with van der Waals surface area (Å²) >= 11 is 0. The van der Waals surface area contributed by atoms with Crippen LogP contribution < -0.4 is 0 Å². The SMILES string of the molecule is O=C(OC1([C@H]2COC[C@@H](CC3CC3)N2S(=O)(=O)c2cc(F)cc(F)c2)CC1)N1CC2CCC(C2)C1. The number of carbonyl (C=O) groups is 1. The molecule has 0 aromatic heterocycles. The van der Waals surface area contributed by atoms with Crippen molar-refractivity contribution in [3.63, 3.8) is 0 Å². The molecule has 3 saturated carbocycles. The molecule has 0 spiro atoms. The number of nitrogens with zero attached hydrogens (tertiary/aromatic N) is 2. The van der Waals surface area contributed by atoms with Crippen LogP contribution in [0.15, 0.2) is 23.1 Å². The van der Waals surface area contributed by atoms with Gasteiger partial charge in [0.1, 0.15) is 17.2 Å². The number of hydrogen-bond acceptors (Lipinski definition) is 5. The lowest BCUT2D eigenvalue weighted by Gasteiger charge is -2.44. The van der Waals surface area contributed by atoms with E-state index in [4.69, 9.17) is 9.47 Å². The van der Waals surface area contributed by atoms with Crippen LogP contribution in [0.2, 0.25) is 0 Å². The number of hydrogen-bond donors (Lipinski definition) is 0. The lowest BCUT2D eigenvalue weighted by Crippen LogP contribution is -2.61. The molecule has 5 aliphatic rings. The van der Waals surface area contributed by atoms with Crippen molar-refractivity contribution in [2.75, 3.05) is 26.3 Å². The molecule has 5 fully saturated rings. The fraction of sp³-hybridized carbons (Fsp3) is 0.720. The van der Waals surface area contributed by atoms with Gasteiger partial charge in [0, 0.05) is 25.2 Å². The van der Waals surface area contributed by atoms with Crippen LogP contribution in [-0.2, 0) is 19.5 Å². The molecular formula is C25H32F2N2O5S. The average molecular weight is 511 g/mol. The zero-order valence-corrected chi connectivity index (χ0v) is 20.5. The maximum absolute atomic E-state index is 14.0. The van der Waals surface area contributed by atoms with E-state index in [9.17, 15) is 22.0 Å². The number of likely N-dealkylation sites (tertiary alicyclic amines) is 1. The van der Waals surface area contributed by atoms with E-state index >= 15 is 0 Å². The molecule has 2 saturated heterocycles. The molecule has 6 rings (SSSR count). The van der Waals surface area contributed by atoms with Crippen molar-refractivity contribution in [1.82, 2.24) is 9.21 Å². The fourth-order valence-electron chi connectivity index (χ4n) is 6.40. The Labute approximate surface area is 204 Å². The summed E-state index contributed by atoms with van der Waals surface area (Å²) in [6.45, 7) is 1.66. The molecule has 0 radical (unpaired) electrons. The minimum Gasteiger partial charge on any atom is -0.441 e. The standard InChI is InChI=1S/C25H32F2N2O5S/c26-19-9-20(27)11-22(10-19)35(31,32)29-21(8-16-1-2-16)14-33-15-23(29)25(5-6-25)34-24(30)28-12-17-3-4-18(7-17)13-28/h9-11,16-18,21,23H,1-8,12-15H2/t17?,18?,21-,23-/m1/s1. The number of morpholine rings is 1. The Morgan fingerprint density at radius 3 is 2.29 bits per heavy atom. The third kappa shape index (κ3) is 4.57. The van der Waals surface area contributed by atoms with Crippen molar-refractivity contribution in [2.24, 2.45) is 17.8 Å². The molecule has 2 aliphatic heterocycles. The van der Waals surface area contributed by atoms with Gasteiger partial charge in [-0.15, -0.1) is 0 Å². The van der Waals surface area contributed by atoms with Gasteiger partial charge in [-0.2, -0.15) is 4.31 Å². The third-order valence-electron chi connectivity index (χ3n) is 8.47. The average Bonchev–Trinajstić information content (AvgIpc) is 3.74. The molecule has 1 aromatic rings. The molecule has 0 N–H and O–H groups in total. The van der Waals surface area contributed by atoms with Crippen molar-refractivity contribution in [1.29, 1.82) is 0 Å². The molecule has 35 heavy (non-hydrogen) atoms. The van der Waals surface area contributed by atoms with Gasteiger partial charge in [0.05, 0.1) is 24.2 Å². The molecule has 1 aromatic carbocycles. The van der Waals surface area contributed by atoms with Gasteiger partial charge in [-0.1, -0.05) is 12.8 Å². The Kier molecular flexibility index (Phi) is 5.84. The Morgan fingerprint density at radius 1 is 1.03 bits per heavy atom. The van der Waals surface area contributed by atoms with Gasteiger partial charge in [-0.05, 0) is 68.4 Å². The molecule has 2 heterocycles. The minimum atomic E-state index is -4.27. The summed E-state index contributed by atoms with van der Waals surface area (Å²) in [6, 6.07) is 1.16. The molecule has 192 valence electrons. The number of ether oxygens (including phenoxy) is 2. The summed E-state index contributed by atoms with van der Waals surface area (Å²) in [7, 11) is -4.27. The molecule has 7 nitrogen and oxygen atoms in total. The number of piperidine rings is 1. The summed E-state index contributed by atoms with van der Waals surface area (Å²) < 4.78 is 69.1. The highest BCUT2D eigenvalue weighted by Crippen LogP contribution is 2.49. The predicted molar refractivity (Wildman–Crippen MR) is 122 cm³/mol. The van der Waals surface area contributed by atoms with Crippen molar-refractivity contribution in [3.8, 4) is 0 Å². The number of carbonyl (C=O) groups excluding carboxylic acids is 1. The van der Waals surface area contributed by atoms with Gasteiger partial charge >= 0.3 is 6.09 Å². The van der Waals surface area contributed by atoms with Gasteiger partial charge < -0.3 is 14.4 Å². The number of amides is 1. The summed E-state index contributed by atoms with van der Waals surface area (Å²) in [5.74, 6) is -0.459. The van der Waals surface area contributed by atoms with Crippen LogP contribution in [0.5, 0.6) is 0 Å². The monoisotopic (exact) mass is 510 g/mol. The molecule has 4 atom stereocenters. The second kappa shape index (κ2) is 8.66. The van der Waals surface area contributed by atoms with E-state index in [0.29, 0.717) is 56.2 Å². The molecule has 2 bridgehead atoms. The first kappa shape index (κ1) is 23.6.